The molecule has 1 aliphatic rings. The average molecular weight is 442 g/mol. The number of hydrogen-bond donors (Lipinski definition) is 2. The van der Waals surface area contributed by atoms with Gasteiger partial charge in [0.2, 0.25) is 0 Å². The first-order valence-corrected chi connectivity index (χ1v) is 11.6. The number of H-pyrrole nitrogens is 1. The van der Waals surface area contributed by atoms with Crippen LogP contribution in [0.2, 0.25) is 0 Å². The number of ether oxygens (including phenoxy) is 1. The van der Waals surface area contributed by atoms with Gasteiger partial charge in [-0.15, -0.1) is 11.3 Å². The summed E-state index contributed by atoms with van der Waals surface area (Å²) in [6, 6.07) is 10.3. The van der Waals surface area contributed by atoms with Gasteiger partial charge in [0.15, 0.2) is 5.11 Å². The fourth-order valence-corrected chi connectivity index (χ4v) is 4.78. The third kappa shape index (κ3) is 4.74. The van der Waals surface area contributed by atoms with E-state index in [9.17, 15) is 4.79 Å². The van der Waals surface area contributed by atoms with Crippen molar-refractivity contribution in [3.05, 3.63) is 67.6 Å². The molecule has 3 heterocycles. The number of aryl methyl sites for hydroxylation is 2. The van der Waals surface area contributed by atoms with Crippen LogP contribution in [0.4, 0.5) is 0 Å². The molecule has 1 atom stereocenters. The summed E-state index contributed by atoms with van der Waals surface area (Å²) in [5, 5.41) is 7.15. The summed E-state index contributed by atoms with van der Waals surface area (Å²) >= 11 is 7.41. The fraction of sp³-hybridized carbons (Fsp3) is 0.391. The number of benzene rings is 1. The number of thiocarbonyl (C=S) groups is 1. The number of thiophene rings is 1. The second-order valence-electron chi connectivity index (χ2n) is 7.87. The molecule has 2 aromatic heterocycles. The minimum Gasteiger partial charge on any atom is -0.376 e. The maximum absolute atomic E-state index is 12.9. The van der Waals surface area contributed by atoms with Crippen LogP contribution in [0.15, 0.2) is 40.5 Å². The van der Waals surface area contributed by atoms with Crippen LogP contribution in [0.1, 0.15) is 34.4 Å². The summed E-state index contributed by atoms with van der Waals surface area (Å²) in [5.41, 5.74) is 3.79. The van der Waals surface area contributed by atoms with Gasteiger partial charge in [-0.3, -0.25) is 4.79 Å². The van der Waals surface area contributed by atoms with Gasteiger partial charge < -0.3 is 19.9 Å². The lowest BCUT2D eigenvalue weighted by molar-refractivity contribution is 0.113. The topological polar surface area (TPSA) is 57.4 Å². The Hall–Kier alpha value is -2.22. The lowest BCUT2D eigenvalue weighted by Gasteiger charge is -2.26. The molecule has 1 aliphatic heterocycles. The highest BCUT2D eigenvalue weighted by Crippen LogP contribution is 2.21. The van der Waals surface area contributed by atoms with Crippen molar-refractivity contribution in [3.63, 3.8) is 0 Å². The van der Waals surface area contributed by atoms with Gasteiger partial charge in [-0.25, -0.2) is 0 Å². The van der Waals surface area contributed by atoms with Gasteiger partial charge >= 0.3 is 0 Å². The van der Waals surface area contributed by atoms with Gasteiger partial charge in [0, 0.05) is 29.0 Å². The monoisotopic (exact) mass is 441 g/mol. The van der Waals surface area contributed by atoms with Crippen LogP contribution in [-0.4, -0.2) is 34.3 Å². The molecule has 0 saturated carbocycles. The number of rotatable bonds is 6. The molecular weight excluding hydrogens is 414 g/mol. The Kier molecular flexibility index (Phi) is 6.51. The molecular formula is C23H27N3O2S2. The van der Waals surface area contributed by atoms with Crippen molar-refractivity contribution in [3.8, 4) is 0 Å². The molecule has 30 heavy (non-hydrogen) atoms. The zero-order valence-electron chi connectivity index (χ0n) is 17.4. The number of nitrogens with zero attached hydrogens (tertiary/aromatic N) is 1. The second-order valence-corrected chi connectivity index (χ2v) is 9.29. The van der Waals surface area contributed by atoms with Crippen molar-refractivity contribution < 1.29 is 4.74 Å². The van der Waals surface area contributed by atoms with Crippen LogP contribution in [0.5, 0.6) is 0 Å². The average Bonchev–Trinajstić information content (AvgIpc) is 3.43. The van der Waals surface area contributed by atoms with Crippen LogP contribution in [-0.2, 0) is 17.8 Å². The molecule has 1 aromatic carbocycles. The lowest BCUT2D eigenvalue weighted by atomic mass is 10.0. The number of pyridine rings is 1. The first-order valence-electron chi connectivity index (χ1n) is 10.3. The summed E-state index contributed by atoms with van der Waals surface area (Å²) in [6.45, 7) is 6.73. The van der Waals surface area contributed by atoms with Gasteiger partial charge in [-0.2, -0.15) is 0 Å². The van der Waals surface area contributed by atoms with Crippen molar-refractivity contribution in [1.82, 2.24) is 15.2 Å². The molecule has 0 amide bonds. The van der Waals surface area contributed by atoms with Crippen LogP contribution in [0, 0.1) is 13.8 Å². The molecule has 0 spiro atoms. The third-order valence-electron chi connectivity index (χ3n) is 5.60. The Morgan fingerprint density at radius 1 is 1.30 bits per heavy atom. The van der Waals surface area contributed by atoms with E-state index in [1.54, 1.807) is 11.3 Å². The maximum atomic E-state index is 12.9. The molecule has 0 bridgehead atoms. The van der Waals surface area contributed by atoms with E-state index in [2.05, 4.69) is 39.6 Å². The highest BCUT2D eigenvalue weighted by atomic mass is 32.1. The molecule has 5 nitrogen and oxygen atoms in total. The molecule has 4 rings (SSSR count). The van der Waals surface area contributed by atoms with Gasteiger partial charge in [-0.1, -0.05) is 18.2 Å². The number of fused-ring (bicyclic) bond motifs is 1. The Morgan fingerprint density at radius 2 is 2.13 bits per heavy atom. The largest absolute Gasteiger partial charge is 0.376 e. The van der Waals surface area contributed by atoms with E-state index < -0.39 is 0 Å². The standard InChI is InChI=1S/C23H27N3O2S2/c1-15-7-8-16(2)21-20(15)11-17(22(27)25-21)13-26(14-19-6-4-10-30-19)23(29)24-12-18-5-3-9-28-18/h4,6-8,10-11,18H,3,5,9,12-14H2,1-2H3,(H,24,29)(H,25,27)/t18-/m0/s1. The molecule has 2 N–H and O–H groups in total. The molecule has 1 fully saturated rings. The van der Waals surface area contributed by atoms with Crippen LogP contribution in [0.3, 0.4) is 0 Å². The van der Waals surface area contributed by atoms with Crippen molar-refractivity contribution in [2.24, 2.45) is 0 Å². The molecule has 0 unspecified atom stereocenters. The van der Waals surface area contributed by atoms with Crippen LogP contribution in [0.25, 0.3) is 10.9 Å². The number of aromatic amines is 1. The summed E-state index contributed by atoms with van der Waals surface area (Å²) < 4.78 is 5.71. The molecule has 0 radical (unpaired) electrons. The molecule has 158 valence electrons. The van der Waals surface area contributed by atoms with E-state index in [-0.39, 0.29) is 11.7 Å². The predicted octanol–water partition coefficient (Wildman–Crippen LogP) is 4.26. The van der Waals surface area contributed by atoms with Crippen molar-refractivity contribution >= 4 is 39.6 Å². The highest BCUT2D eigenvalue weighted by molar-refractivity contribution is 7.80. The van der Waals surface area contributed by atoms with E-state index in [0.717, 1.165) is 41.5 Å². The number of nitrogens with one attached hydrogen (secondary N) is 2. The van der Waals surface area contributed by atoms with E-state index in [1.165, 1.54) is 4.88 Å². The summed E-state index contributed by atoms with van der Waals surface area (Å²) in [4.78, 5) is 19.2. The van der Waals surface area contributed by atoms with Crippen molar-refractivity contribution in [1.29, 1.82) is 0 Å². The minimum atomic E-state index is -0.0608. The normalized spacial score (nSPS) is 16.1. The van der Waals surface area contributed by atoms with E-state index in [0.29, 0.717) is 30.3 Å². The van der Waals surface area contributed by atoms with E-state index in [4.69, 9.17) is 17.0 Å². The van der Waals surface area contributed by atoms with Gasteiger partial charge in [-0.05, 0) is 67.5 Å². The zero-order valence-corrected chi connectivity index (χ0v) is 19.0. The maximum Gasteiger partial charge on any atom is 0.253 e. The summed E-state index contributed by atoms with van der Waals surface area (Å²) in [6.07, 6.45) is 2.37. The van der Waals surface area contributed by atoms with Crippen LogP contribution >= 0.6 is 23.6 Å². The van der Waals surface area contributed by atoms with Crippen molar-refractivity contribution in [2.45, 2.75) is 45.9 Å². The predicted molar refractivity (Wildman–Crippen MR) is 127 cm³/mol. The Labute approximate surface area is 186 Å². The molecule has 7 heteroatoms. The Bertz CT molecular complexity index is 1090. The number of hydrogen-bond acceptors (Lipinski definition) is 4. The molecule has 1 saturated heterocycles. The third-order valence-corrected chi connectivity index (χ3v) is 6.86. The minimum absolute atomic E-state index is 0.0608. The first kappa shape index (κ1) is 21.0. The van der Waals surface area contributed by atoms with E-state index >= 15 is 0 Å². The quantitative estimate of drug-likeness (QED) is 0.560. The summed E-state index contributed by atoms with van der Waals surface area (Å²) in [5.74, 6) is 0. The van der Waals surface area contributed by atoms with Gasteiger partial charge in [0.1, 0.15) is 0 Å². The van der Waals surface area contributed by atoms with Gasteiger partial charge in [0.25, 0.3) is 5.56 Å². The molecule has 0 aliphatic carbocycles. The van der Waals surface area contributed by atoms with Crippen LogP contribution < -0.4 is 10.9 Å². The van der Waals surface area contributed by atoms with Crippen molar-refractivity contribution in [2.75, 3.05) is 13.2 Å². The van der Waals surface area contributed by atoms with Gasteiger partial charge in [0.05, 0.1) is 24.7 Å². The van der Waals surface area contributed by atoms with E-state index in [1.807, 2.05) is 25.1 Å². The highest BCUT2D eigenvalue weighted by Gasteiger charge is 2.19. The zero-order chi connectivity index (χ0) is 21.1. The number of aromatic nitrogens is 1. The fourth-order valence-electron chi connectivity index (χ4n) is 3.85. The SMILES string of the molecule is Cc1ccc(C)c2[nH]c(=O)c(CN(Cc3cccs3)C(=S)NC[C@@H]3CCCO3)cc12. The second kappa shape index (κ2) is 9.29. The smallest absolute Gasteiger partial charge is 0.253 e. The first-order chi connectivity index (χ1) is 14.5. The molecule has 3 aromatic rings. The lowest BCUT2D eigenvalue weighted by Crippen LogP contribution is -2.42. The Morgan fingerprint density at radius 3 is 2.87 bits per heavy atom. The summed E-state index contributed by atoms with van der Waals surface area (Å²) in [7, 11) is 0. The Balaban J connectivity index is 1.59.